The van der Waals surface area contributed by atoms with Crippen molar-refractivity contribution in [3.05, 3.63) is 43.0 Å². The smallest absolute Gasteiger partial charge is 0.295 e. The van der Waals surface area contributed by atoms with Crippen molar-refractivity contribution in [3.8, 4) is 11.4 Å². The molecule has 0 unspecified atom stereocenters. The van der Waals surface area contributed by atoms with Crippen LogP contribution in [0.15, 0.2) is 43.0 Å². The van der Waals surface area contributed by atoms with E-state index in [1.807, 2.05) is 18.2 Å². The number of hydrogen-bond donors (Lipinski definition) is 1. The Labute approximate surface area is 197 Å². The normalized spacial score (nSPS) is 26.5. The van der Waals surface area contributed by atoms with E-state index in [2.05, 4.69) is 19.8 Å². The van der Waals surface area contributed by atoms with E-state index in [1.54, 1.807) is 24.8 Å². The highest BCUT2D eigenvalue weighted by Gasteiger charge is 2.51. The van der Waals surface area contributed by atoms with E-state index in [4.69, 9.17) is 14.7 Å². The highest BCUT2D eigenvalue weighted by atomic mass is 16.6. The average molecular weight is 461 g/mol. The van der Waals surface area contributed by atoms with E-state index in [0.717, 1.165) is 61.3 Å². The maximum absolute atomic E-state index is 10.6. The van der Waals surface area contributed by atoms with E-state index in [-0.39, 0.29) is 0 Å². The molecule has 6 rings (SSSR count). The van der Waals surface area contributed by atoms with E-state index < -0.39 is 5.79 Å². The van der Waals surface area contributed by atoms with Crippen molar-refractivity contribution < 1.29 is 14.6 Å². The molecular weight excluding hydrogens is 432 g/mol. The Hall–Kier alpha value is -3.17. The van der Waals surface area contributed by atoms with Crippen molar-refractivity contribution in [2.24, 2.45) is 5.41 Å². The van der Waals surface area contributed by atoms with Gasteiger partial charge in [0.05, 0.1) is 11.7 Å². The zero-order chi connectivity index (χ0) is 23.2. The van der Waals surface area contributed by atoms with Crippen LogP contribution in [0.1, 0.15) is 32.1 Å². The van der Waals surface area contributed by atoms with Gasteiger partial charge in [-0.3, -0.25) is 19.7 Å². The number of fused-ring (bicyclic) bond motifs is 1. The summed E-state index contributed by atoms with van der Waals surface area (Å²) in [5.41, 5.74) is 2.09. The van der Waals surface area contributed by atoms with Gasteiger partial charge in [-0.05, 0) is 49.4 Å². The average Bonchev–Trinajstić information content (AvgIpc) is 3.26. The molecule has 3 fully saturated rings. The number of nitrogens with zero attached hydrogens (tertiary/aromatic N) is 6. The lowest BCUT2D eigenvalue weighted by Crippen LogP contribution is -2.56. The first kappa shape index (κ1) is 21.4. The van der Waals surface area contributed by atoms with Gasteiger partial charge in [-0.1, -0.05) is 0 Å². The zero-order valence-electron chi connectivity index (χ0n) is 19.0. The summed E-state index contributed by atoms with van der Waals surface area (Å²) in [6.07, 6.45) is 11.5. The number of ether oxygens (including phenoxy) is 1. The van der Waals surface area contributed by atoms with Crippen molar-refractivity contribution in [3.63, 3.8) is 0 Å². The third-order valence-corrected chi connectivity index (χ3v) is 7.90. The summed E-state index contributed by atoms with van der Waals surface area (Å²) < 4.78 is 4.85. The summed E-state index contributed by atoms with van der Waals surface area (Å²) in [5, 5.41) is 11.2. The van der Waals surface area contributed by atoms with E-state index >= 15 is 0 Å². The van der Waals surface area contributed by atoms with Crippen LogP contribution in [0.25, 0.3) is 22.3 Å². The summed E-state index contributed by atoms with van der Waals surface area (Å²) in [6.45, 7) is 4.32. The molecule has 1 N–H and O–H groups in total. The molecule has 0 amide bonds. The van der Waals surface area contributed by atoms with Gasteiger partial charge in [-0.15, -0.1) is 0 Å². The van der Waals surface area contributed by atoms with Gasteiger partial charge >= 0.3 is 0 Å². The van der Waals surface area contributed by atoms with E-state index in [9.17, 15) is 9.90 Å². The third-order valence-electron chi connectivity index (χ3n) is 7.90. The minimum Gasteiger partial charge on any atom is -0.435 e. The van der Waals surface area contributed by atoms with E-state index in [1.165, 1.54) is 6.42 Å². The van der Waals surface area contributed by atoms with Gasteiger partial charge < -0.3 is 14.7 Å². The van der Waals surface area contributed by atoms with Crippen LogP contribution in [0.4, 0.5) is 5.82 Å². The van der Waals surface area contributed by atoms with Crippen molar-refractivity contribution in [1.82, 2.24) is 24.8 Å². The zero-order valence-corrected chi connectivity index (χ0v) is 19.0. The maximum Gasteiger partial charge on any atom is 0.295 e. The Morgan fingerprint density at radius 1 is 1.00 bits per heavy atom. The summed E-state index contributed by atoms with van der Waals surface area (Å²) in [6, 6.07) is 6.16. The Balaban J connectivity index is 1.18. The number of aromatic nitrogens is 4. The van der Waals surface area contributed by atoms with Crippen LogP contribution in [0.2, 0.25) is 0 Å². The molecule has 0 aromatic carbocycles. The molecule has 5 heterocycles. The van der Waals surface area contributed by atoms with Crippen molar-refractivity contribution >= 4 is 23.2 Å². The second-order valence-electron chi connectivity index (χ2n) is 9.93. The van der Waals surface area contributed by atoms with Crippen LogP contribution in [0.3, 0.4) is 0 Å². The molecule has 176 valence electrons. The Morgan fingerprint density at radius 2 is 1.74 bits per heavy atom. The molecule has 3 aromatic rings. The van der Waals surface area contributed by atoms with Crippen LogP contribution >= 0.6 is 0 Å². The number of anilines is 1. The number of likely N-dealkylation sites (tertiary alicyclic amines) is 1. The minimum absolute atomic E-state index is 0.295. The molecule has 3 aliphatic rings. The topological polar surface area (TPSA) is 105 Å². The summed E-state index contributed by atoms with van der Waals surface area (Å²) in [7, 11) is 0. The molecular formula is C25H28N6O3. The fourth-order valence-corrected chi connectivity index (χ4v) is 5.84. The van der Waals surface area contributed by atoms with Crippen LogP contribution in [0.5, 0.6) is 0 Å². The number of rotatable bonds is 5. The van der Waals surface area contributed by atoms with Crippen LogP contribution in [-0.4, -0.2) is 74.4 Å². The number of hydrogen-bond acceptors (Lipinski definition) is 9. The number of carbonyl (C=O) groups excluding carboxylic acids is 1. The SMILES string of the molecule is O=COC1(O)CC(N2CCC3(CCN(c4nc(-c5ccncc5)nc5cnccc45)CC3)C2)C1. The third kappa shape index (κ3) is 3.78. The monoisotopic (exact) mass is 460 g/mol. The highest BCUT2D eigenvalue weighted by Crippen LogP contribution is 2.46. The molecule has 9 heteroatoms. The molecule has 0 bridgehead atoms. The molecule has 0 radical (unpaired) electrons. The second kappa shape index (κ2) is 8.25. The number of piperidine rings is 1. The molecule has 34 heavy (non-hydrogen) atoms. The maximum atomic E-state index is 10.6. The molecule has 2 saturated heterocycles. The predicted octanol–water partition coefficient (Wildman–Crippen LogP) is 2.40. The van der Waals surface area contributed by atoms with Gasteiger partial charge in [0.1, 0.15) is 5.82 Å². The Morgan fingerprint density at radius 3 is 2.50 bits per heavy atom. The van der Waals surface area contributed by atoms with Crippen molar-refractivity contribution in [2.45, 2.75) is 43.9 Å². The minimum atomic E-state index is -1.26. The molecule has 0 atom stereocenters. The summed E-state index contributed by atoms with van der Waals surface area (Å²) >= 11 is 0. The quantitative estimate of drug-likeness (QED) is 0.454. The second-order valence-corrected chi connectivity index (χ2v) is 9.93. The Kier molecular flexibility index (Phi) is 5.18. The first-order chi connectivity index (χ1) is 16.6. The molecule has 3 aromatic heterocycles. The van der Waals surface area contributed by atoms with Gasteiger partial charge in [0.15, 0.2) is 5.82 Å². The number of carbonyl (C=O) groups is 1. The first-order valence-electron chi connectivity index (χ1n) is 11.9. The van der Waals surface area contributed by atoms with Crippen molar-refractivity contribution in [2.75, 3.05) is 31.1 Å². The predicted molar refractivity (Wildman–Crippen MR) is 126 cm³/mol. The first-order valence-corrected chi connectivity index (χ1v) is 11.9. The number of aliphatic hydroxyl groups is 1. The van der Waals surface area contributed by atoms with Crippen LogP contribution in [0, 0.1) is 5.41 Å². The van der Waals surface area contributed by atoms with Crippen molar-refractivity contribution in [1.29, 1.82) is 0 Å². The lowest BCUT2D eigenvalue weighted by molar-refractivity contribution is -0.248. The van der Waals surface area contributed by atoms with Crippen LogP contribution < -0.4 is 4.90 Å². The van der Waals surface area contributed by atoms with Gasteiger partial charge in [0, 0.05) is 68.1 Å². The lowest BCUT2D eigenvalue weighted by atomic mass is 9.77. The largest absolute Gasteiger partial charge is 0.435 e. The molecule has 2 aliphatic heterocycles. The molecule has 9 nitrogen and oxygen atoms in total. The standard InChI is InChI=1S/C25H28N6O3/c32-17-34-25(33)13-19(14-25)31-12-6-24(16-31)4-10-30(11-5-24)23-20-3-9-27-15-21(20)28-22(29-23)18-1-7-26-8-2-18/h1-3,7-9,15,17,19,33H,4-6,10-14,16H2. The van der Waals surface area contributed by atoms with Crippen LogP contribution in [-0.2, 0) is 9.53 Å². The fraction of sp³-hybridized carbons (Fsp3) is 0.480. The van der Waals surface area contributed by atoms with Gasteiger partial charge in [0.2, 0.25) is 5.79 Å². The lowest BCUT2D eigenvalue weighted by Gasteiger charge is -2.46. The van der Waals surface area contributed by atoms with Gasteiger partial charge in [-0.2, -0.15) is 0 Å². The van der Waals surface area contributed by atoms with E-state index in [0.29, 0.717) is 36.6 Å². The molecule has 1 spiro atoms. The fourth-order valence-electron chi connectivity index (χ4n) is 5.84. The molecule has 1 saturated carbocycles. The van der Waals surface area contributed by atoms with Gasteiger partial charge in [-0.25, -0.2) is 9.97 Å². The summed E-state index contributed by atoms with van der Waals surface area (Å²) in [5.74, 6) is 0.403. The highest BCUT2D eigenvalue weighted by molar-refractivity contribution is 5.90. The Bertz CT molecular complexity index is 1190. The molecule has 1 aliphatic carbocycles. The van der Waals surface area contributed by atoms with Gasteiger partial charge in [0.25, 0.3) is 6.47 Å². The summed E-state index contributed by atoms with van der Waals surface area (Å²) in [4.78, 5) is 33.6. The number of pyridine rings is 2.